The highest BCUT2D eigenvalue weighted by Gasteiger charge is 2.16. The van der Waals surface area contributed by atoms with Gasteiger partial charge in [-0.05, 0) is 41.2 Å². The van der Waals surface area contributed by atoms with Gasteiger partial charge in [-0.3, -0.25) is 0 Å². The van der Waals surface area contributed by atoms with E-state index in [0.29, 0.717) is 0 Å². The zero-order valence-electron chi connectivity index (χ0n) is 10.4. The summed E-state index contributed by atoms with van der Waals surface area (Å²) in [4.78, 5) is 1.81. The number of rotatable bonds is 1. The van der Waals surface area contributed by atoms with E-state index in [1.807, 2.05) is 51.8 Å². The van der Waals surface area contributed by atoms with Gasteiger partial charge in [-0.15, -0.1) is 4.52 Å². The molecule has 4 nitrogen and oxygen atoms in total. The lowest BCUT2D eigenvalue weighted by Gasteiger charge is -2.00. The van der Waals surface area contributed by atoms with Crippen LogP contribution in [0.3, 0.4) is 0 Å². The smallest absolute Gasteiger partial charge is 0.115 e. The summed E-state index contributed by atoms with van der Waals surface area (Å²) >= 11 is 3.45. The highest BCUT2D eigenvalue weighted by Crippen LogP contribution is 2.14. The monoisotopic (exact) mass is 325 g/mol. The van der Waals surface area contributed by atoms with Gasteiger partial charge in [0.25, 0.3) is 0 Å². The number of hydrogen-bond acceptors (Lipinski definition) is 2. The molecule has 2 aromatic heterocycles. The van der Waals surface area contributed by atoms with Crippen molar-refractivity contribution in [2.75, 3.05) is 0 Å². The van der Waals surface area contributed by atoms with Gasteiger partial charge < -0.3 is 0 Å². The second-order valence-electron chi connectivity index (χ2n) is 4.52. The van der Waals surface area contributed by atoms with Crippen LogP contribution in [0.15, 0.2) is 65.1 Å². The summed E-state index contributed by atoms with van der Waals surface area (Å²) in [5.74, 6) is 0. The standard InChI is InChI=1S/C15H10BrN4/c16-12-6-8-13(9-7-12)20-18-17-15-10-5-11-3-1-2-4-14(11)19(15)20/h1-10H/q+1. The Labute approximate surface area is 123 Å². The molecule has 0 atom stereocenters. The van der Waals surface area contributed by atoms with Gasteiger partial charge in [-0.1, -0.05) is 34.1 Å². The van der Waals surface area contributed by atoms with E-state index in [1.54, 1.807) is 0 Å². The third-order valence-corrected chi connectivity index (χ3v) is 3.80. The lowest BCUT2D eigenvalue weighted by atomic mass is 10.2. The van der Waals surface area contributed by atoms with Crippen LogP contribution in [0.2, 0.25) is 0 Å². The van der Waals surface area contributed by atoms with Crippen LogP contribution < -0.4 is 4.52 Å². The van der Waals surface area contributed by atoms with Crippen LogP contribution >= 0.6 is 15.9 Å². The third-order valence-electron chi connectivity index (χ3n) is 3.27. The number of hydrogen-bond donors (Lipinski definition) is 0. The molecule has 5 heteroatoms. The van der Waals surface area contributed by atoms with E-state index in [-0.39, 0.29) is 0 Å². The summed E-state index contributed by atoms with van der Waals surface area (Å²) in [7, 11) is 0. The molecule has 0 amide bonds. The first-order chi connectivity index (χ1) is 9.83. The highest BCUT2D eigenvalue weighted by molar-refractivity contribution is 9.10. The van der Waals surface area contributed by atoms with Crippen molar-refractivity contribution in [1.82, 2.24) is 15.1 Å². The normalized spacial score (nSPS) is 11.2. The Morgan fingerprint density at radius 3 is 2.55 bits per heavy atom. The Bertz CT molecular complexity index is 912. The summed E-state index contributed by atoms with van der Waals surface area (Å²) in [6.45, 7) is 0. The number of halogens is 1. The maximum absolute atomic E-state index is 4.26. The molecule has 0 spiro atoms. The number of benzene rings is 2. The largest absolute Gasteiger partial charge is 0.330 e. The average molecular weight is 326 g/mol. The predicted octanol–water partition coefficient (Wildman–Crippen LogP) is 2.92. The Morgan fingerprint density at radius 2 is 1.70 bits per heavy atom. The zero-order chi connectivity index (χ0) is 13.5. The molecule has 2 heterocycles. The minimum atomic E-state index is 0.826. The maximum atomic E-state index is 4.26. The molecule has 0 aliphatic rings. The molecule has 4 rings (SSSR count). The van der Waals surface area contributed by atoms with E-state index >= 15 is 0 Å². The SMILES string of the molecule is Brc1ccc(-n2nnc3ccc4ccccc4[n+]32)cc1. The minimum absolute atomic E-state index is 0.826. The van der Waals surface area contributed by atoms with E-state index in [1.165, 1.54) is 0 Å². The number of fused-ring (bicyclic) bond motifs is 3. The molecule has 0 unspecified atom stereocenters. The summed E-state index contributed by atoms with van der Waals surface area (Å²) < 4.78 is 3.05. The van der Waals surface area contributed by atoms with Gasteiger partial charge in [0.2, 0.25) is 0 Å². The van der Waals surface area contributed by atoms with Crippen LogP contribution in [0.5, 0.6) is 0 Å². The molecule has 0 fully saturated rings. The van der Waals surface area contributed by atoms with E-state index < -0.39 is 0 Å². The number of tetrazole rings is 1. The van der Waals surface area contributed by atoms with Crippen molar-refractivity contribution >= 4 is 32.5 Å². The first-order valence-corrected chi connectivity index (χ1v) is 7.04. The molecule has 0 aliphatic heterocycles. The van der Waals surface area contributed by atoms with Crippen molar-refractivity contribution < 1.29 is 4.52 Å². The van der Waals surface area contributed by atoms with Crippen LogP contribution in [0.1, 0.15) is 0 Å². The van der Waals surface area contributed by atoms with Gasteiger partial charge in [-0.2, -0.15) is 0 Å². The van der Waals surface area contributed by atoms with Gasteiger partial charge in [0.15, 0.2) is 5.21 Å². The number of para-hydroxylation sites is 1. The van der Waals surface area contributed by atoms with Crippen molar-refractivity contribution in [2.24, 2.45) is 0 Å². The molecule has 20 heavy (non-hydrogen) atoms. The Hall–Kier alpha value is -2.27. The Morgan fingerprint density at radius 1 is 0.900 bits per heavy atom. The Balaban J connectivity index is 2.09. The average Bonchev–Trinajstić information content (AvgIpc) is 2.92. The molecule has 0 saturated carbocycles. The second kappa shape index (κ2) is 4.38. The first kappa shape index (κ1) is 11.5. The minimum Gasteiger partial charge on any atom is -0.115 e. The zero-order valence-corrected chi connectivity index (χ0v) is 12.0. The molecule has 4 aromatic rings. The molecular weight excluding hydrogens is 316 g/mol. The fourth-order valence-corrected chi connectivity index (χ4v) is 2.59. The molecular formula is C15H10BrN4+. The van der Waals surface area contributed by atoms with E-state index in [0.717, 1.165) is 26.7 Å². The van der Waals surface area contributed by atoms with Crippen LogP contribution in [0.4, 0.5) is 0 Å². The molecule has 96 valence electrons. The summed E-state index contributed by atoms with van der Waals surface area (Å²) in [6.07, 6.45) is 0. The van der Waals surface area contributed by atoms with Gasteiger partial charge >= 0.3 is 5.65 Å². The van der Waals surface area contributed by atoms with Gasteiger partial charge in [0.1, 0.15) is 16.3 Å². The predicted molar refractivity (Wildman–Crippen MR) is 79.7 cm³/mol. The van der Waals surface area contributed by atoms with Crippen LogP contribution in [0.25, 0.3) is 22.2 Å². The quantitative estimate of drug-likeness (QED) is 0.504. The fraction of sp³-hybridized carbons (Fsp3) is 0. The second-order valence-corrected chi connectivity index (χ2v) is 5.43. The molecule has 0 saturated heterocycles. The van der Waals surface area contributed by atoms with Gasteiger partial charge in [0, 0.05) is 15.9 Å². The van der Waals surface area contributed by atoms with Gasteiger partial charge in [-0.25, -0.2) is 0 Å². The Kier molecular flexibility index (Phi) is 2.53. The van der Waals surface area contributed by atoms with Crippen molar-refractivity contribution in [3.63, 3.8) is 0 Å². The lowest BCUT2D eigenvalue weighted by Crippen LogP contribution is -2.33. The van der Waals surface area contributed by atoms with Crippen LogP contribution in [-0.4, -0.2) is 15.1 Å². The van der Waals surface area contributed by atoms with Crippen molar-refractivity contribution in [1.29, 1.82) is 0 Å². The summed E-state index contributed by atoms with van der Waals surface area (Å²) in [6, 6.07) is 20.2. The topological polar surface area (TPSA) is 34.8 Å². The van der Waals surface area contributed by atoms with E-state index in [4.69, 9.17) is 0 Å². The molecule has 2 aromatic carbocycles. The number of aromatic nitrogens is 4. The molecule has 0 radical (unpaired) electrons. The molecule has 0 bridgehead atoms. The highest BCUT2D eigenvalue weighted by atomic mass is 79.9. The fourth-order valence-electron chi connectivity index (χ4n) is 2.32. The molecule has 0 aliphatic carbocycles. The first-order valence-electron chi connectivity index (χ1n) is 6.24. The van der Waals surface area contributed by atoms with Crippen molar-refractivity contribution in [2.45, 2.75) is 0 Å². The van der Waals surface area contributed by atoms with Gasteiger partial charge in [0.05, 0.1) is 0 Å². The van der Waals surface area contributed by atoms with Crippen molar-refractivity contribution in [3.05, 3.63) is 65.1 Å². The van der Waals surface area contributed by atoms with Crippen LogP contribution in [-0.2, 0) is 0 Å². The van der Waals surface area contributed by atoms with E-state index in [9.17, 15) is 0 Å². The maximum Gasteiger partial charge on any atom is 0.330 e. The lowest BCUT2D eigenvalue weighted by molar-refractivity contribution is -0.577. The summed E-state index contributed by atoms with van der Waals surface area (Å²) in [5, 5.41) is 9.65. The summed E-state index contributed by atoms with van der Waals surface area (Å²) in [5.41, 5.74) is 2.88. The number of nitrogens with zero attached hydrogens (tertiary/aromatic N) is 4. The third kappa shape index (κ3) is 1.71. The number of pyridine rings is 1. The van der Waals surface area contributed by atoms with E-state index in [2.05, 4.69) is 44.4 Å². The van der Waals surface area contributed by atoms with Crippen molar-refractivity contribution in [3.8, 4) is 5.69 Å². The molecule has 0 N–H and O–H groups in total. The van der Waals surface area contributed by atoms with Crippen LogP contribution in [0, 0.1) is 0 Å².